The lowest BCUT2D eigenvalue weighted by molar-refractivity contribution is 0.0829. The summed E-state index contributed by atoms with van der Waals surface area (Å²) in [4.78, 5) is 0. The van der Waals surface area contributed by atoms with E-state index in [4.69, 9.17) is 10.00 Å². The maximum atomic E-state index is 8.34. The number of unbranched alkanes of at least 4 members (excludes halogenated alkanes) is 2. The van der Waals surface area contributed by atoms with E-state index in [9.17, 15) is 0 Å². The summed E-state index contributed by atoms with van der Waals surface area (Å²) >= 11 is 0. The van der Waals surface area contributed by atoms with Gasteiger partial charge in [-0.05, 0) is 31.6 Å². The highest BCUT2D eigenvalue weighted by Gasteiger charge is 2.12. The lowest BCUT2D eigenvalue weighted by Gasteiger charge is -2.21. The Morgan fingerprint density at radius 3 is 2.64 bits per heavy atom. The first-order valence-corrected chi connectivity index (χ1v) is 5.88. The van der Waals surface area contributed by atoms with E-state index in [1.165, 1.54) is 32.1 Å². The van der Waals surface area contributed by atoms with Crippen LogP contribution in [0.3, 0.4) is 0 Å². The molecule has 2 nitrogen and oxygen atoms in total. The minimum absolute atomic E-state index is 0.673. The van der Waals surface area contributed by atoms with E-state index in [0.717, 1.165) is 32.0 Å². The normalized spacial score (nSPS) is 17.9. The fourth-order valence-electron chi connectivity index (χ4n) is 2.01. The molecule has 14 heavy (non-hydrogen) atoms. The average Bonchev–Trinajstić information content (AvgIpc) is 2.25. The molecule has 0 bridgehead atoms. The molecule has 1 rings (SSSR count). The molecule has 1 aliphatic rings. The fraction of sp³-hybridized carbons (Fsp3) is 0.917. The average molecular weight is 195 g/mol. The van der Waals surface area contributed by atoms with Gasteiger partial charge in [0.15, 0.2) is 0 Å². The van der Waals surface area contributed by atoms with Crippen LogP contribution in [-0.4, -0.2) is 13.2 Å². The molecule has 0 radical (unpaired) electrons. The highest BCUT2D eigenvalue weighted by atomic mass is 16.5. The van der Waals surface area contributed by atoms with Crippen LogP contribution in [0.4, 0.5) is 0 Å². The Hall–Kier alpha value is -0.550. The molecule has 0 amide bonds. The van der Waals surface area contributed by atoms with Crippen molar-refractivity contribution >= 4 is 0 Å². The third kappa shape index (κ3) is 5.24. The molecule has 0 heterocycles. The quantitative estimate of drug-likeness (QED) is 0.609. The zero-order valence-corrected chi connectivity index (χ0v) is 9.00. The van der Waals surface area contributed by atoms with Gasteiger partial charge in [0.25, 0.3) is 0 Å². The standard InChI is InChI=1S/C12H21NO/c13-9-5-2-6-10-14-11-12-7-3-1-4-8-12/h12H,1-8,10-11H2. The second kappa shape index (κ2) is 7.82. The molecule has 0 aromatic heterocycles. The molecular formula is C12H21NO. The minimum Gasteiger partial charge on any atom is -0.381 e. The van der Waals surface area contributed by atoms with E-state index in [1.54, 1.807) is 0 Å². The summed E-state index contributed by atoms with van der Waals surface area (Å²) in [5.41, 5.74) is 0. The van der Waals surface area contributed by atoms with Gasteiger partial charge in [0.05, 0.1) is 6.07 Å². The summed E-state index contributed by atoms with van der Waals surface area (Å²) in [6.07, 6.45) is 9.62. The topological polar surface area (TPSA) is 33.0 Å². The van der Waals surface area contributed by atoms with E-state index in [2.05, 4.69) is 6.07 Å². The van der Waals surface area contributed by atoms with E-state index in [0.29, 0.717) is 6.42 Å². The molecule has 1 aliphatic carbocycles. The Morgan fingerprint density at radius 2 is 1.93 bits per heavy atom. The Bertz CT molecular complexity index is 168. The maximum Gasteiger partial charge on any atom is 0.0621 e. The number of rotatable bonds is 6. The smallest absolute Gasteiger partial charge is 0.0621 e. The number of hydrogen-bond acceptors (Lipinski definition) is 2. The Kier molecular flexibility index (Phi) is 6.43. The van der Waals surface area contributed by atoms with Crippen molar-refractivity contribution in [2.75, 3.05) is 13.2 Å². The van der Waals surface area contributed by atoms with Crippen molar-refractivity contribution in [2.24, 2.45) is 5.92 Å². The van der Waals surface area contributed by atoms with Crippen LogP contribution < -0.4 is 0 Å². The molecule has 0 saturated heterocycles. The summed E-state index contributed by atoms with van der Waals surface area (Å²) in [6.45, 7) is 1.80. The van der Waals surface area contributed by atoms with Gasteiger partial charge in [-0.15, -0.1) is 0 Å². The number of nitriles is 1. The Morgan fingerprint density at radius 1 is 1.14 bits per heavy atom. The first-order valence-electron chi connectivity index (χ1n) is 5.88. The van der Waals surface area contributed by atoms with Crippen molar-refractivity contribution in [3.8, 4) is 6.07 Å². The monoisotopic (exact) mass is 195 g/mol. The predicted octanol–water partition coefficient (Wildman–Crippen LogP) is 3.28. The first-order chi connectivity index (χ1) is 6.93. The van der Waals surface area contributed by atoms with Gasteiger partial charge >= 0.3 is 0 Å². The molecule has 0 unspecified atom stereocenters. The second-order valence-corrected chi connectivity index (χ2v) is 4.19. The lowest BCUT2D eigenvalue weighted by Crippen LogP contribution is -2.13. The Balaban J connectivity index is 1.85. The molecule has 1 fully saturated rings. The van der Waals surface area contributed by atoms with Gasteiger partial charge in [-0.1, -0.05) is 19.3 Å². The van der Waals surface area contributed by atoms with Crippen molar-refractivity contribution in [3.63, 3.8) is 0 Å². The van der Waals surface area contributed by atoms with Gasteiger partial charge in [0.2, 0.25) is 0 Å². The van der Waals surface area contributed by atoms with E-state index < -0.39 is 0 Å². The largest absolute Gasteiger partial charge is 0.381 e. The predicted molar refractivity (Wildman–Crippen MR) is 56.9 cm³/mol. The summed E-state index contributed by atoms with van der Waals surface area (Å²) in [5.74, 6) is 0.819. The molecule has 1 saturated carbocycles. The summed E-state index contributed by atoms with van der Waals surface area (Å²) in [5, 5.41) is 8.34. The summed E-state index contributed by atoms with van der Waals surface area (Å²) in [7, 11) is 0. The number of ether oxygens (including phenoxy) is 1. The molecular weight excluding hydrogens is 174 g/mol. The molecule has 0 aromatic carbocycles. The molecule has 2 heteroatoms. The van der Waals surface area contributed by atoms with Crippen LogP contribution in [0, 0.1) is 17.2 Å². The second-order valence-electron chi connectivity index (χ2n) is 4.19. The third-order valence-corrected chi connectivity index (χ3v) is 2.91. The molecule has 0 N–H and O–H groups in total. The van der Waals surface area contributed by atoms with Crippen molar-refractivity contribution in [2.45, 2.75) is 51.4 Å². The number of nitrogens with zero attached hydrogens (tertiary/aromatic N) is 1. The van der Waals surface area contributed by atoms with Gasteiger partial charge < -0.3 is 4.74 Å². The molecule has 0 aromatic rings. The summed E-state index contributed by atoms with van der Waals surface area (Å²) in [6, 6.07) is 2.15. The van der Waals surface area contributed by atoms with Crippen molar-refractivity contribution < 1.29 is 4.74 Å². The van der Waals surface area contributed by atoms with E-state index >= 15 is 0 Å². The van der Waals surface area contributed by atoms with Crippen LogP contribution in [0.25, 0.3) is 0 Å². The van der Waals surface area contributed by atoms with Crippen molar-refractivity contribution in [1.29, 1.82) is 5.26 Å². The highest BCUT2D eigenvalue weighted by molar-refractivity contribution is 4.68. The number of hydrogen-bond donors (Lipinski definition) is 0. The van der Waals surface area contributed by atoms with Crippen molar-refractivity contribution in [3.05, 3.63) is 0 Å². The van der Waals surface area contributed by atoms with E-state index in [-0.39, 0.29) is 0 Å². The molecule has 0 atom stereocenters. The zero-order valence-electron chi connectivity index (χ0n) is 9.00. The van der Waals surface area contributed by atoms with Gasteiger partial charge in [-0.3, -0.25) is 0 Å². The van der Waals surface area contributed by atoms with Gasteiger partial charge in [0.1, 0.15) is 0 Å². The zero-order chi connectivity index (χ0) is 10.1. The van der Waals surface area contributed by atoms with Gasteiger partial charge in [0, 0.05) is 19.6 Å². The van der Waals surface area contributed by atoms with Gasteiger partial charge in [-0.25, -0.2) is 0 Å². The first kappa shape index (κ1) is 11.5. The van der Waals surface area contributed by atoms with Gasteiger partial charge in [-0.2, -0.15) is 5.26 Å². The Labute approximate surface area is 87.3 Å². The lowest BCUT2D eigenvalue weighted by atomic mass is 9.90. The van der Waals surface area contributed by atoms with Crippen LogP contribution in [0.15, 0.2) is 0 Å². The van der Waals surface area contributed by atoms with Crippen LogP contribution in [0.1, 0.15) is 51.4 Å². The fourth-order valence-corrected chi connectivity index (χ4v) is 2.01. The summed E-state index contributed by atoms with van der Waals surface area (Å²) < 4.78 is 5.61. The SMILES string of the molecule is N#CCCCCOCC1CCCCC1. The molecule has 80 valence electrons. The van der Waals surface area contributed by atoms with Crippen LogP contribution in [0.5, 0.6) is 0 Å². The highest BCUT2D eigenvalue weighted by Crippen LogP contribution is 2.23. The van der Waals surface area contributed by atoms with Crippen LogP contribution >= 0.6 is 0 Å². The van der Waals surface area contributed by atoms with Crippen LogP contribution in [0.2, 0.25) is 0 Å². The third-order valence-electron chi connectivity index (χ3n) is 2.91. The van der Waals surface area contributed by atoms with Crippen LogP contribution in [-0.2, 0) is 4.74 Å². The minimum atomic E-state index is 0.673. The molecule has 0 aliphatic heterocycles. The van der Waals surface area contributed by atoms with E-state index in [1.807, 2.05) is 0 Å². The van der Waals surface area contributed by atoms with Crippen molar-refractivity contribution in [1.82, 2.24) is 0 Å². The molecule has 0 spiro atoms. The maximum absolute atomic E-state index is 8.34.